The zero-order chi connectivity index (χ0) is 7.44. The lowest BCUT2D eigenvalue weighted by Gasteiger charge is -2.07. The molecule has 0 amide bonds. The molecule has 0 radical (unpaired) electrons. The van der Waals surface area contributed by atoms with Crippen LogP contribution in [0, 0.1) is 5.92 Å². The van der Waals surface area contributed by atoms with Crippen LogP contribution in [0.25, 0.3) is 0 Å². The number of carbonyl (C=O) groups is 1. The highest BCUT2D eigenvalue weighted by Gasteiger charge is 2.10. The summed E-state index contributed by atoms with van der Waals surface area (Å²) in [4.78, 5) is 10.7. The van der Waals surface area contributed by atoms with Gasteiger partial charge in [-0.25, -0.2) is 0 Å². The number of halogens is 1. The maximum Gasteiger partial charge on any atom is 0.143 e. The largest absolute Gasteiger partial charge is 0.299 e. The highest BCUT2D eigenvalue weighted by Crippen LogP contribution is 2.12. The molecule has 2 heteroatoms. The second kappa shape index (κ2) is 4.04. The Morgan fingerprint density at radius 3 is 2.11 bits per heavy atom. The van der Waals surface area contributed by atoms with Gasteiger partial charge in [0.1, 0.15) is 5.78 Å². The SMILES string of the molecule is CC(=O)[C@@H](Br)CC(C)C. The molecule has 0 saturated carbocycles. The second-order valence-corrected chi connectivity index (χ2v) is 3.81. The quantitative estimate of drug-likeness (QED) is 0.629. The molecule has 1 atom stereocenters. The fraction of sp³-hybridized carbons (Fsp3) is 0.857. The number of hydrogen-bond donors (Lipinski definition) is 0. The Morgan fingerprint density at radius 1 is 1.56 bits per heavy atom. The van der Waals surface area contributed by atoms with E-state index in [1.54, 1.807) is 6.92 Å². The third-order valence-corrected chi connectivity index (χ3v) is 2.14. The molecule has 0 unspecified atom stereocenters. The van der Waals surface area contributed by atoms with Crippen LogP contribution in [-0.4, -0.2) is 10.6 Å². The monoisotopic (exact) mass is 192 g/mol. The number of carbonyl (C=O) groups excluding carboxylic acids is 1. The van der Waals surface area contributed by atoms with E-state index < -0.39 is 0 Å². The van der Waals surface area contributed by atoms with Crippen molar-refractivity contribution in [1.82, 2.24) is 0 Å². The normalized spacial score (nSPS) is 13.9. The van der Waals surface area contributed by atoms with Crippen LogP contribution in [-0.2, 0) is 4.79 Å². The van der Waals surface area contributed by atoms with E-state index in [1.165, 1.54) is 0 Å². The van der Waals surface area contributed by atoms with Gasteiger partial charge >= 0.3 is 0 Å². The lowest BCUT2D eigenvalue weighted by atomic mass is 10.1. The maximum atomic E-state index is 10.6. The van der Waals surface area contributed by atoms with Gasteiger partial charge < -0.3 is 0 Å². The second-order valence-electron chi connectivity index (χ2n) is 2.71. The minimum absolute atomic E-state index is 0.0671. The Bertz CT molecular complexity index is 99.1. The molecule has 0 N–H and O–H groups in total. The predicted molar refractivity (Wildman–Crippen MR) is 42.9 cm³/mol. The summed E-state index contributed by atoms with van der Waals surface area (Å²) in [5, 5.41) is 0. The van der Waals surface area contributed by atoms with Crippen molar-refractivity contribution >= 4 is 21.7 Å². The van der Waals surface area contributed by atoms with Crippen LogP contribution in [0.5, 0.6) is 0 Å². The van der Waals surface area contributed by atoms with Crippen molar-refractivity contribution in [2.24, 2.45) is 5.92 Å². The van der Waals surface area contributed by atoms with Gasteiger partial charge in [-0.05, 0) is 19.3 Å². The molecule has 0 aromatic carbocycles. The lowest BCUT2D eigenvalue weighted by Crippen LogP contribution is -2.11. The molecule has 0 aromatic heterocycles. The number of rotatable bonds is 3. The van der Waals surface area contributed by atoms with E-state index in [2.05, 4.69) is 29.8 Å². The molecule has 0 aromatic rings. The van der Waals surface area contributed by atoms with Crippen LogP contribution in [0.3, 0.4) is 0 Å². The summed E-state index contributed by atoms with van der Waals surface area (Å²) < 4.78 is 0. The Kier molecular flexibility index (Phi) is 4.11. The Balaban J connectivity index is 3.50. The van der Waals surface area contributed by atoms with Crippen LogP contribution in [0.4, 0.5) is 0 Å². The van der Waals surface area contributed by atoms with E-state index >= 15 is 0 Å². The third-order valence-electron chi connectivity index (χ3n) is 1.12. The van der Waals surface area contributed by atoms with Gasteiger partial charge in [0.2, 0.25) is 0 Å². The summed E-state index contributed by atoms with van der Waals surface area (Å²) in [6, 6.07) is 0. The van der Waals surface area contributed by atoms with Crippen molar-refractivity contribution in [2.45, 2.75) is 32.0 Å². The number of alkyl halides is 1. The molecule has 0 saturated heterocycles. The van der Waals surface area contributed by atoms with Crippen LogP contribution < -0.4 is 0 Å². The first-order chi connectivity index (χ1) is 4.04. The van der Waals surface area contributed by atoms with E-state index in [1.807, 2.05) is 0 Å². The smallest absolute Gasteiger partial charge is 0.143 e. The maximum absolute atomic E-state index is 10.6. The highest BCUT2D eigenvalue weighted by atomic mass is 79.9. The molecule has 0 aliphatic rings. The molecule has 0 rings (SSSR count). The standard InChI is InChI=1S/C7H13BrO/c1-5(2)4-7(8)6(3)9/h5,7H,4H2,1-3H3/t7-/m0/s1. The molecule has 0 aliphatic carbocycles. The lowest BCUT2D eigenvalue weighted by molar-refractivity contribution is -0.116. The molecular formula is C7H13BrO. The van der Waals surface area contributed by atoms with Crippen molar-refractivity contribution in [1.29, 1.82) is 0 Å². The first-order valence-electron chi connectivity index (χ1n) is 3.18. The summed E-state index contributed by atoms with van der Waals surface area (Å²) in [6.45, 7) is 5.83. The van der Waals surface area contributed by atoms with Crippen LogP contribution >= 0.6 is 15.9 Å². The molecule has 0 aliphatic heterocycles. The Morgan fingerprint density at radius 2 is 2.00 bits per heavy atom. The van der Waals surface area contributed by atoms with E-state index in [4.69, 9.17) is 0 Å². The van der Waals surface area contributed by atoms with Gasteiger partial charge in [0.15, 0.2) is 0 Å². The summed E-state index contributed by atoms with van der Waals surface area (Å²) in [5.41, 5.74) is 0. The summed E-state index contributed by atoms with van der Waals surface area (Å²) >= 11 is 3.29. The van der Waals surface area contributed by atoms with Crippen molar-refractivity contribution in [2.75, 3.05) is 0 Å². The summed E-state index contributed by atoms with van der Waals surface area (Å²) in [6.07, 6.45) is 0.940. The number of Topliss-reactive ketones (excluding diaryl/α,β-unsaturated/α-hetero) is 1. The van der Waals surface area contributed by atoms with E-state index in [0.29, 0.717) is 5.92 Å². The fourth-order valence-electron chi connectivity index (χ4n) is 0.580. The van der Waals surface area contributed by atoms with Crippen LogP contribution in [0.2, 0.25) is 0 Å². The van der Waals surface area contributed by atoms with Crippen LogP contribution in [0.15, 0.2) is 0 Å². The molecule has 54 valence electrons. The van der Waals surface area contributed by atoms with Gasteiger partial charge in [-0.3, -0.25) is 4.79 Å². The summed E-state index contributed by atoms with van der Waals surface area (Å²) in [5.74, 6) is 0.821. The first kappa shape index (κ1) is 9.15. The van der Waals surface area contributed by atoms with Crippen molar-refractivity contribution in [3.63, 3.8) is 0 Å². The van der Waals surface area contributed by atoms with E-state index in [9.17, 15) is 4.79 Å². The number of ketones is 1. The zero-order valence-electron chi connectivity index (χ0n) is 6.15. The van der Waals surface area contributed by atoms with Gasteiger partial charge in [0, 0.05) is 0 Å². The molecule has 9 heavy (non-hydrogen) atoms. The predicted octanol–water partition coefficient (Wildman–Crippen LogP) is 2.39. The molecular weight excluding hydrogens is 180 g/mol. The minimum atomic E-state index is 0.0671. The van der Waals surface area contributed by atoms with Crippen LogP contribution in [0.1, 0.15) is 27.2 Å². The van der Waals surface area contributed by atoms with Gasteiger partial charge in [-0.1, -0.05) is 29.8 Å². The third kappa shape index (κ3) is 4.64. The minimum Gasteiger partial charge on any atom is -0.299 e. The van der Waals surface area contributed by atoms with Gasteiger partial charge in [-0.2, -0.15) is 0 Å². The zero-order valence-corrected chi connectivity index (χ0v) is 7.73. The van der Waals surface area contributed by atoms with E-state index in [-0.39, 0.29) is 10.6 Å². The highest BCUT2D eigenvalue weighted by molar-refractivity contribution is 9.10. The summed E-state index contributed by atoms with van der Waals surface area (Å²) in [7, 11) is 0. The van der Waals surface area contributed by atoms with Crippen molar-refractivity contribution in [3.8, 4) is 0 Å². The Labute approximate surface area is 65.0 Å². The Hall–Kier alpha value is 0.150. The van der Waals surface area contributed by atoms with E-state index in [0.717, 1.165) is 6.42 Å². The molecule has 0 heterocycles. The average molecular weight is 193 g/mol. The van der Waals surface area contributed by atoms with Crippen molar-refractivity contribution in [3.05, 3.63) is 0 Å². The average Bonchev–Trinajstić information content (AvgIpc) is 1.63. The first-order valence-corrected chi connectivity index (χ1v) is 4.10. The van der Waals surface area contributed by atoms with Crippen molar-refractivity contribution < 1.29 is 4.79 Å². The molecule has 0 bridgehead atoms. The molecule has 1 nitrogen and oxygen atoms in total. The van der Waals surface area contributed by atoms with Gasteiger partial charge in [-0.15, -0.1) is 0 Å². The number of hydrogen-bond acceptors (Lipinski definition) is 1. The van der Waals surface area contributed by atoms with Gasteiger partial charge in [0.05, 0.1) is 4.83 Å². The molecule has 0 fully saturated rings. The topological polar surface area (TPSA) is 17.1 Å². The molecule has 0 spiro atoms. The van der Waals surface area contributed by atoms with Gasteiger partial charge in [0.25, 0.3) is 0 Å². The fourth-order valence-corrected chi connectivity index (χ4v) is 1.33.